The van der Waals surface area contributed by atoms with Crippen LogP contribution in [0.25, 0.3) is 0 Å². The van der Waals surface area contributed by atoms with Crippen LogP contribution < -0.4 is 0 Å². The zero-order valence-electron chi connectivity index (χ0n) is 11.7. The number of benzene rings is 2. The van der Waals surface area contributed by atoms with Gasteiger partial charge in [0, 0.05) is 4.83 Å². The summed E-state index contributed by atoms with van der Waals surface area (Å²) in [7, 11) is 0. The zero-order chi connectivity index (χ0) is 13.7. The Labute approximate surface area is 125 Å². The molecule has 0 nitrogen and oxygen atoms in total. The van der Waals surface area contributed by atoms with Gasteiger partial charge in [0.2, 0.25) is 0 Å². The lowest BCUT2D eigenvalue weighted by Crippen LogP contribution is -1.96. The number of aryl methyl sites for hydroxylation is 2. The highest BCUT2D eigenvalue weighted by Gasteiger charge is 2.08. The highest BCUT2D eigenvalue weighted by atomic mass is 79.9. The first-order valence-corrected chi connectivity index (χ1v) is 7.89. The van der Waals surface area contributed by atoms with Crippen molar-refractivity contribution in [1.29, 1.82) is 0 Å². The topological polar surface area (TPSA) is 0 Å². The third-order valence-electron chi connectivity index (χ3n) is 3.38. The van der Waals surface area contributed by atoms with Gasteiger partial charge in [-0.25, -0.2) is 0 Å². The molecule has 2 aromatic rings. The smallest absolute Gasteiger partial charge is 0.0435 e. The van der Waals surface area contributed by atoms with Gasteiger partial charge in [-0.2, -0.15) is 0 Å². The minimum Gasteiger partial charge on any atom is -0.0835 e. The molecule has 0 N–H and O–H groups in total. The van der Waals surface area contributed by atoms with Crippen molar-refractivity contribution in [3.63, 3.8) is 0 Å². The fourth-order valence-corrected chi connectivity index (χ4v) is 3.02. The fraction of sp³-hybridized carbons (Fsp3) is 0.333. The monoisotopic (exact) mass is 316 g/mol. The summed E-state index contributed by atoms with van der Waals surface area (Å²) in [6.07, 6.45) is 3.42. The van der Waals surface area contributed by atoms with Crippen LogP contribution in [0.2, 0.25) is 0 Å². The molecular weight excluding hydrogens is 296 g/mol. The highest BCUT2D eigenvalue weighted by molar-refractivity contribution is 9.09. The van der Waals surface area contributed by atoms with Crippen LogP contribution in [0.3, 0.4) is 0 Å². The molecule has 19 heavy (non-hydrogen) atoms. The molecule has 0 spiro atoms. The lowest BCUT2D eigenvalue weighted by molar-refractivity contribution is 0.912. The van der Waals surface area contributed by atoms with Crippen LogP contribution in [-0.2, 0) is 12.8 Å². The van der Waals surface area contributed by atoms with E-state index < -0.39 is 0 Å². The molecule has 100 valence electrons. The molecule has 1 heteroatoms. The fourth-order valence-electron chi connectivity index (χ4n) is 2.35. The normalized spacial score (nSPS) is 12.4. The minimum atomic E-state index is 0.393. The van der Waals surface area contributed by atoms with Crippen LogP contribution in [0.15, 0.2) is 48.5 Å². The maximum atomic E-state index is 3.81. The van der Waals surface area contributed by atoms with Gasteiger partial charge in [0.1, 0.15) is 0 Å². The van der Waals surface area contributed by atoms with Crippen molar-refractivity contribution in [1.82, 2.24) is 0 Å². The molecular formula is C18H21Br. The van der Waals surface area contributed by atoms with Crippen molar-refractivity contribution >= 4 is 15.9 Å². The van der Waals surface area contributed by atoms with E-state index in [0.29, 0.717) is 4.83 Å². The zero-order valence-corrected chi connectivity index (χ0v) is 13.3. The van der Waals surface area contributed by atoms with E-state index in [2.05, 4.69) is 78.3 Å². The molecule has 0 heterocycles. The van der Waals surface area contributed by atoms with Crippen molar-refractivity contribution in [2.45, 2.75) is 37.9 Å². The second kappa shape index (κ2) is 6.91. The van der Waals surface area contributed by atoms with Gasteiger partial charge in [-0.05, 0) is 36.5 Å². The van der Waals surface area contributed by atoms with Crippen LogP contribution in [0.1, 0.15) is 40.4 Å². The predicted octanol–water partition coefficient (Wildman–Crippen LogP) is 5.63. The Morgan fingerprint density at radius 3 is 2.37 bits per heavy atom. The quantitative estimate of drug-likeness (QED) is 0.627. The molecule has 0 aliphatic carbocycles. The first-order valence-electron chi connectivity index (χ1n) is 6.97. The average molecular weight is 317 g/mol. The Hall–Kier alpha value is -1.08. The molecule has 2 rings (SSSR count). The van der Waals surface area contributed by atoms with Gasteiger partial charge < -0.3 is 0 Å². The van der Waals surface area contributed by atoms with Crippen LogP contribution in [0.4, 0.5) is 0 Å². The van der Waals surface area contributed by atoms with E-state index in [1.165, 1.54) is 35.1 Å². The summed E-state index contributed by atoms with van der Waals surface area (Å²) in [4.78, 5) is 0.393. The maximum absolute atomic E-state index is 3.81. The van der Waals surface area contributed by atoms with Gasteiger partial charge in [0.05, 0.1) is 0 Å². The van der Waals surface area contributed by atoms with E-state index in [1.807, 2.05) is 0 Å². The molecule has 1 atom stereocenters. The van der Waals surface area contributed by atoms with Crippen molar-refractivity contribution in [2.75, 3.05) is 0 Å². The maximum Gasteiger partial charge on any atom is 0.0435 e. The number of halogens is 1. The lowest BCUT2D eigenvalue weighted by atomic mass is 10.0. The van der Waals surface area contributed by atoms with Crippen molar-refractivity contribution in [3.05, 3.63) is 70.8 Å². The van der Waals surface area contributed by atoms with Gasteiger partial charge in [-0.3, -0.25) is 0 Å². The minimum absolute atomic E-state index is 0.393. The molecule has 0 aliphatic heterocycles. The van der Waals surface area contributed by atoms with E-state index in [0.717, 1.165) is 6.42 Å². The van der Waals surface area contributed by atoms with E-state index >= 15 is 0 Å². The summed E-state index contributed by atoms with van der Waals surface area (Å²) in [6, 6.07) is 17.8. The Kier molecular flexibility index (Phi) is 5.21. The number of hydrogen-bond acceptors (Lipinski definition) is 0. The summed E-state index contributed by atoms with van der Waals surface area (Å²) in [5, 5.41) is 0. The molecule has 0 aromatic heterocycles. The molecule has 0 saturated carbocycles. The summed E-state index contributed by atoms with van der Waals surface area (Å²) in [5.41, 5.74) is 5.51. The predicted molar refractivity (Wildman–Crippen MR) is 87.0 cm³/mol. The first-order chi connectivity index (χ1) is 9.19. The SMILES string of the molecule is CCCc1ccc(C(Br)Cc2cccc(C)c2)cc1. The highest BCUT2D eigenvalue weighted by Crippen LogP contribution is 2.27. The van der Waals surface area contributed by atoms with Crippen molar-refractivity contribution in [2.24, 2.45) is 0 Å². The summed E-state index contributed by atoms with van der Waals surface area (Å²) >= 11 is 3.81. The molecule has 1 unspecified atom stereocenters. The van der Waals surface area contributed by atoms with Gasteiger partial charge in [0.25, 0.3) is 0 Å². The van der Waals surface area contributed by atoms with E-state index in [-0.39, 0.29) is 0 Å². The number of rotatable bonds is 5. The Morgan fingerprint density at radius 2 is 1.74 bits per heavy atom. The molecule has 0 radical (unpaired) electrons. The first kappa shape index (κ1) is 14.3. The van der Waals surface area contributed by atoms with E-state index in [4.69, 9.17) is 0 Å². The average Bonchev–Trinajstić information content (AvgIpc) is 2.40. The standard InChI is InChI=1S/C18H21Br/c1-3-5-15-8-10-17(11-9-15)18(19)13-16-7-4-6-14(2)12-16/h4,6-12,18H,3,5,13H2,1-2H3. The lowest BCUT2D eigenvalue weighted by Gasteiger charge is -2.11. The molecule has 0 fully saturated rings. The number of alkyl halides is 1. The molecule has 0 bridgehead atoms. The van der Waals surface area contributed by atoms with E-state index in [9.17, 15) is 0 Å². The largest absolute Gasteiger partial charge is 0.0835 e. The third kappa shape index (κ3) is 4.21. The third-order valence-corrected chi connectivity index (χ3v) is 4.23. The van der Waals surface area contributed by atoms with Crippen molar-refractivity contribution in [3.8, 4) is 0 Å². The van der Waals surface area contributed by atoms with Crippen LogP contribution in [0, 0.1) is 6.92 Å². The van der Waals surface area contributed by atoms with E-state index in [1.54, 1.807) is 0 Å². The summed E-state index contributed by atoms with van der Waals surface area (Å²) in [5.74, 6) is 0. The van der Waals surface area contributed by atoms with Gasteiger partial charge >= 0.3 is 0 Å². The van der Waals surface area contributed by atoms with Gasteiger partial charge in [-0.1, -0.05) is 83.4 Å². The van der Waals surface area contributed by atoms with Gasteiger partial charge in [-0.15, -0.1) is 0 Å². The van der Waals surface area contributed by atoms with Gasteiger partial charge in [0.15, 0.2) is 0 Å². The summed E-state index contributed by atoms with van der Waals surface area (Å²) in [6.45, 7) is 4.37. The number of hydrogen-bond donors (Lipinski definition) is 0. The second-order valence-corrected chi connectivity index (χ2v) is 6.26. The molecule has 0 saturated heterocycles. The Balaban J connectivity index is 2.05. The summed E-state index contributed by atoms with van der Waals surface area (Å²) < 4.78 is 0. The van der Waals surface area contributed by atoms with Crippen LogP contribution in [-0.4, -0.2) is 0 Å². The van der Waals surface area contributed by atoms with Crippen LogP contribution in [0.5, 0.6) is 0 Å². The van der Waals surface area contributed by atoms with Crippen LogP contribution >= 0.6 is 15.9 Å². The Morgan fingerprint density at radius 1 is 1.00 bits per heavy atom. The molecule has 0 aliphatic rings. The molecule has 2 aromatic carbocycles. The molecule has 0 amide bonds. The van der Waals surface area contributed by atoms with Crippen molar-refractivity contribution < 1.29 is 0 Å². The second-order valence-electron chi connectivity index (χ2n) is 5.15. The Bertz CT molecular complexity index is 513.